The number of allylic oxidation sites excluding steroid dienone is 1. The third-order valence-corrected chi connectivity index (χ3v) is 5.40. The number of phenolic OH excluding ortho intramolecular Hbond substituents is 2. The topological polar surface area (TPSA) is 69.6 Å². The monoisotopic (exact) mass is 383 g/mol. The fraction of sp³-hybridized carbons (Fsp3) is 0.348. The first-order valence-corrected chi connectivity index (χ1v) is 9.58. The fourth-order valence-electron chi connectivity index (χ4n) is 3.50. The first-order chi connectivity index (χ1) is 13.3. The first kappa shape index (κ1) is 19.9. The molecule has 1 amide bonds. The maximum Gasteiger partial charge on any atom is 0.235 e. The molecule has 2 aromatic rings. The molecule has 0 atom stereocenters. The Bertz CT molecular complexity index is 945. The van der Waals surface area contributed by atoms with E-state index in [1.807, 2.05) is 13.0 Å². The van der Waals surface area contributed by atoms with Gasteiger partial charge in [0, 0.05) is 5.69 Å². The lowest BCUT2D eigenvalue weighted by atomic mass is 9.94. The SMILES string of the molecule is CCC/C(C)=C/c1cc(NC(=O)C2(c3ccc(O)c(O)c3)CC2)cc(F)c1C. The Labute approximate surface area is 164 Å². The van der Waals surface area contributed by atoms with E-state index in [2.05, 4.69) is 12.2 Å². The van der Waals surface area contributed by atoms with Gasteiger partial charge in [0.1, 0.15) is 5.82 Å². The number of hydrogen-bond acceptors (Lipinski definition) is 3. The predicted molar refractivity (Wildman–Crippen MR) is 109 cm³/mol. The number of amides is 1. The van der Waals surface area contributed by atoms with E-state index in [4.69, 9.17) is 0 Å². The Hall–Kier alpha value is -2.82. The molecule has 1 fully saturated rings. The lowest BCUT2D eigenvalue weighted by Gasteiger charge is -2.17. The van der Waals surface area contributed by atoms with Gasteiger partial charge in [-0.25, -0.2) is 4.39 Å². The van der Waals surface area contributed by atoms with Gasteiger partial charge in [-0.2, -0.15) is 0 Å². The molecule has 0 saturated heterocycles. The van der Waals surface area contributed by atoms with Gasteiger partial charge in [0.15, 0.2) is 11.5 Å². The number of nitrogens with one attached hydrogen (secondary N) is 1. The standard InChI is InChI=1S/C23H26FNO3/c1-4-5-14(2)10-16-11-18(13-19(24)15(16)3)25-22(28)23(8-9-23)17-6-7-20(26)21(27)12-17/h6-7,10-13,26-27H,4-5,8-9H2,1-3H3,(H,25,28)/b14-10+. The number of hydrogen-bond donors (Lipinski definition) is 3. The number of anilines is 1. The smallest absolute Gasteiger partial charge is 0.235 e. The van der Waals surface area contributed by atoms with Crippen molar-refractivity contribution in [1.82, 2.24) is 0 Å². The van der Waals surface area contributed by atoms with Crippen molar-refractivity contribution < 1.29 is 19.4 Å². The van der Waals surface area contributed by atoms with E-state index in [1.54, 1.807) is 19.1 Å². The molecule has 148 valence electrons. The number of carbonyl (C=O) groups excluding carboxylic acids is 1. The summed E-state index contributed by atoms with van der Waals surface area (Å²) in [5.41, 5.74) is 2.78. The van der Waals surface area contributed by atoms with Crippen LogP contribution in [-0.2, 0) is 10.2 Å². The van der Waals surface area contributed by atoms with Gasteiger partial charge in [0.05, 0.1) is 5.41 Å². The minimum atomic E-state index is -0.749. The average Bonchev–Trinajstić information content (AvgIpc) is 3.44. The number of phenols is 2. The highest BCUT2D eigenvalue weighted by molar-refractivity contribution is 6.01. The van der Waals surface area contributed by atoms with Crippen molar-refractivity contribution in [3.8, 4) is 11.5 Å². The molecule has 4 nitrogen and oxygen atoms in total. The van der Waals surface area contributed by atoms with Gasteiger partial charge in [-0.1, -0.05) is 31.1 Å². The molecular weight excluding hydrogens is 357 g/mol. The minimum Gasteiger partial charge on any atom is -0.504 e. The van der Waals surface area contributed by atoms with Crippen LogP contribution in [0.2, 0.25) is 0 Å². The van der Waals surface area contributed by atoms with E-state index in [0.717, 1.165) is 24.0 Å². The van der Waals surface area contributed by atoms with Crippen molar-refractivity contribution >= 4 is 17.7 Å². The molecule has 0 aromatic heterocycles. The lowest BCUT2D eigenvalue weighted by Crippen LogP contribution is -2.27. The molecule has 0 spiro atoms. The summed E-state index contributed by atoms with van der Waals surface area (Å²) >= 11 is 0. The van der Waals surface area contributed by atoms with Crippen LogP contribution in [-0.4, -0.2) is 16.1 Å². The normalized spacial score (nSPS) is 15.4. The highest BCUT2D eigenvalue weighted by atomic mass is 19.1. The number of carbonyl (C=O) groups is 1. The maximum atomic E-state index is 14.4. The van der Waals surface area contributed by atoms with E-state index in [0.29, 0.717) is 29.7 Å². The molecule has 5 heteroatoms. The molecule has 0 heterocycles. The van der Waals surface area contributed by atoms with E-state index in [1.165, 1.54) is 18.2 Å². The van der Waals surface area contributed by atoms with Gasteiger partial charge in [0.2, 0.25) is 5.91 Å². The Kier molecular flexibility index (Phi) is 5.45. The molecule has 0 aliphatic heterocycles. The van der Waals surface area contributed by atoms with Gasteiger partial charge in [-0.3, -0.25) is 4.79 Å². The molecule has 2 aromatic carbocycles. The van der Waals surface area contributed by atoms with Gasteiger partial charge < -0.3 is 15.5 Å². The fourth-order valence-corrected chi connectivity index (χ4v) is 3.50. The average molecular weight is 383 g/mol. The summed E-state index contributed by atoms with van der Waals surface area (Å²) in [5.74, 6) is -1.07. The summed E-state index contributed by atoms with van der Waals surface area (Å²) in [5, 5.41) is 22.1. The van der Waals surface area contributed by atoms with Crippen LogP contribution in [0.4, 0.5) is 10.1 Å². The zero-order valence-corrected chi connectivity index (χ0v) is 16.5. The number of rotatable bonds is 6. The third kappa shape index (κ3) is 3.88. The van der Waals surface area contributed by atoms with Crippen LogP contribution in [0.3, 0.4) is 0 Å². The van der Waals surface area contributed by atoms with Crippen LogP contribution in [0.25, 0.3) is 6.08 Å². The summed E-state index contributed by atoms with van der Waals surface area (Å²) in [6, 6.07) is 7.56. The van der Waals surface area contributed by atoms with Gasteiger partial charge >= 0.3 is 0 Å². The molecule has 0 unspecified atom stereocenters. The Balaban J connectivity index is 1.87. The Morgan fingerprint density at radius 3 is 2.54 bits per heavy atom. The van der Waals surface area contributed by atoms with E-state index < -0.39 is 5.41 Å². The van der Waals surface area contributed by atoms with Crippen molar-refractivity contribution in [3.63, 3.8) is 0 Å². The summed E-state index contributed by atoms with van der Waals surface area (Å²) < 4.78 is 14.4. The molecule has 3 N–H and O–H groups in total. The van der Waals surface area contributed by atoms with E-state index >= 15 is 0 Å². The van der Waals surface area contributed by atoms with Crippen molar-refractivity contribution in [2.45, 2.75) is 51.9 Å². The van der Waals surface area contributed by atoms with Crippen LogP contribution in [0.5, 0.6) is 11.5 Å². The molecule has 28 heavy (non-hydrogen) atoms. The lowest BCUT2D eigenvalue weighted by molar-refractivity contribution is -0.118. The number of aromatic hydroxyl groups is 2. The van der Waals surface area contributed by atoms with Crippen LogP contribution in [0.15, 0.2) is 35.9 Å². The van der Waals surface area contributed by atoms with Crippen LogP contribution in [0.1, 0.15) is 56.2 Å². The summed E-state index contributed by atoms with van der Waals surface area (Å²) in [4.78, 5) is 12.9. The Morgan fingerprint density at radius 1 is 1.21 bits per heavy atom. The van der Waals surface area contributed by atoms with Crippen molar-refractivity contribution in [2.75, 3.05) is 5.32 Å². The molecule has 1 aliphatic rings. The first-order valence-electron chi connectivity index (χ1n) is 9.58. The van der Waals surface area contributed by atoms with Crippen LogP contribution < -0.4 is 5.32 Å². The number of halogens is 1. The molecular formula is C23H26FNO3. The van der Waals surface area contributed by atoms with Gasteiger partial charge in [-0.15, -0.1) is 0 Å². The van der Waals surface area contributed by atoms with E-state index in [-0.39, 0.29) is 23.2 Å². The van der Waals surface area contributed by atoms with Crippen molar-refractivity contribution in [3.05, 3.63) is 58.4 Å². The zero-order chi connectivity index (χ0) is 20.5. The van der Waals surface area contributed by atoms with E-state index in [9.17, 15) is 19.4 Å². The van der Waals surface area contributed by atoms with Crippen molar-refractivity contribution in [2.24, 2.45) is 0 Å². The molecule has 3 rings (SSSR count). The highest BCUT2D eigenvalue weighted by Gasteiger charge is 2.51. The quantitative estimate of drug-likeness (QED) is 0.584. The third-order valence-electron chi connectivity index (χ3n) is 5.40. The molecule has 1 aliphatic carbocycles. The van der Waals surface area contributed by atoms with Crippen molar-refractivity contribution in [1.29, 1.82) is 0 Å². The second-order valence-electron chi connectivity index (χ2n) is 7.65. The molecule has 0 radical (unpaired) electrons. The zero-order valence-electron chi connectivity index (χ0n) is 16.5. The second-order valence-corrected chi connectivity index (χ2v) is 7.65. The predicted octanol–water partition coefficient (Wildman–Crippen LogP) is 5.42. The minimum absolute atomic E-state index is 0.223. The summed E-state index contributed by atoms with van der Waals surface area (Å²) in [6.45, 7) is 5.84. The summed E-state index contributed by atoms with van der Waals surface area (Å²) in [7, 11) is 0. The Morgan fingerprint density at radius 2 is 1.93 bits per heavy atom. The maximum absolute atomic E-state index is 14.4. The van der Waals surface area contributed by atoms with Gasteiger partial charge in [-0.05, 0) is 74.1 Å². The van der Waals surface area contributed by atoms with Crippen LogP contribution in [0, 0.1) is 12.7 Å². The second kappa shape index (κ2) is 7.66. The number of benzene rings is 2. The van der Waals surface area contributed by atoms with Crippen LogP contribution >= 0.6 is 0 Å². The largest absolute Gasteiger partial charge is 0.504 e. The van der Waals surface area contributed by atoms with Gasteiger partial charge in [0.25, 0.3) is 0 Å². The molecule has 0 bridgehead atoms. The molecule has 1 saturated carbocycles. The highest BCUT2D eigenvalue weighted by Crippen LogP contribution is 2.50. The summed E-state index contributed by atoms with van der Waals surface area (Å²) in [6.07, 6.45) is 5.19.